The lowest BCUT2D eigenvalue weighted by atomic mass is 9.55. The second-order valence-electron chi connectivity index (χ2n) is 8.46. The van der Waals surface area contributed by atoms with E-state index in [9.17, 15) is 10.2 Å². The molecule has 0 spiro atoms. The van der Waals surface area contributed by atoms with Crippen LogP contribution in [0.3, 0.4) is 0 Å². The Balaban J connectivity index is 1.73. The first kappa shape index (κ1) is 14.6. The van der Waals surface area contributed by atoms with E-state index in [4.69, 9.17) is 0 Å². The molecule has 2 fully saturated rings. The number of phenols is 1. The molecule has 0 unspecified atom stereocenters. The predicted molar refractivity (Wildman–Crippen MR) is 88.0 cm³/mol. The summed E-state index contributed by atoms with van der Waals surface area (Å²) < 4.78 is 0. The van der Waals surface area contributed by atoms with Gasteiger partial charge in [-0.3, -0.25) is 0 Å². The summed E-state index contributed by atoms with van der Waals surface area (Å²) in [5.41, 5.74) is 3.99. The van der Waals surface area contributed by atoms with Crippen molar-refractivity contribution in [2.24, 2.45) is 23.2 Å². The third-order valence-electron chi connectivity index (χ3n) is 7.32. The van der Waals surface area contributed by atoms with E-state index in [-0.39, 0.29) is 11.5 Å². The summed E-state index contributed by atoms with van der Waals surface area (Å²) in [5.74, 6) is 2.91. The van der Waals surface area contributed by atoms with Crippen LogP contribution in [-0.4, -0.2) is 16.3 Å². The van der Waals surface area contributed by atoms with Crippen LogP contribution in [0.5, 0.6) is 5.75 Å². The molecule has 6 atom stereocenters. The van der Waals surface area contributed by atoms with Gasteiger partial charge in [0.1, 0.15) is 5.75 Å². The van der Waals surface area contributed by atoms with Crippen LogP contribution in [0, 0.1) is 30.1 Å². The summed E-state index contributed by atoms with van der Waals surface area (Å²) >= 11 is 0. The Bertz CT molecular complexity index is 608. The molecule has 3 aliphatic rings. The number of phenolic OH excluding ortho intramolecular Hbond substituents is 1. The molecule has 3 aliphatic carbocycles. The Morgan fingerprint density at radius 1 is 1.23 bits per heavy atom. The number of aliphatic hydroxyl groups is 1. The highest BCUT2D eigenvalue weighted by Crippen LogP contribution is 2.62. The van der Waals surface area contributed by atoms with E-state index < -0.39 is 0 Å². The molecule has 2 N–H and O–H groups in total. The number of rotatable bonds is 0. The predicted octanol–water partition coefficient (Wildman–Crippen LogP) is 4.16. The summed E-state index contributed by atoms with van der Waals surface area (Å²) in [7, 11) is 0. The molecule has 1 aromatic carbocycles. The summed E-state index contributed by atoms with van der Waals surface area (Å²) in [4.78, 5) is 0. The fourth-order valence-electron chi connectivity index (χ4n) is 6.06. The summed E-state index contributed by atoms with van der Waals surface area (Å²) in [5, 5.41) is 20.7. The van der Waals surface area contributed by atoms with Crippen LogP contribution < -0.4 is 0 Å². The van der Waals surface area contributed by atoms with Crippen molar-refractivity contribution in [3.8, 4) is 5.75 Å². The van der Waals surface area contributed by atoms with Gasteiger partial charge in [0.2, 0.25) is 0 Å². The van der Waals surface area contributed by atoms with Gasteiger partial charge < -0.3 is 10.2 Å². The van der Waals surface area contributed by atoms with Crippen molar-refractivity contribution in [3.63, 3.8) is 0 Å². The van der Waals surface area contributed by atoms with Crippen LogP contribution >= 0.6 is 0 Å². The van der Waals surface area contributed by atoms with Gasteiger partial charge in [-0.25, -0.2) is 0 Å². The molecular weight excluding hydrogens is 272 g/mol. The van der Waals surface area contributed by atoms with Gasteiger partial charge in [0.15, 0.2) is 0 Å². The summed E-state index contributed by atoms with van der Waals surface area (Å²) in [6.07, 6.45) is 5.70. The molecule has 2 saturated carbocycles. The van der Waals surface area contributed by atoms with E-state index in [1.54, 1.807) is 0 Å². The van der Waals surface area contributed by atoms with E-state index in [0.29, 0.717) is 23.5 Å². The van der Waals surface area contributed by atoms with Gasteiger partial charge in [-0.1, -0.05) is 19.9 Å². The van der Waals surface area contributed by atoms with E-state index in [1.807, 2.05) is 13.0 Å². The highest BCUT2D eigenvalue weighted by Gasteiger charge is 2.56. The van der Waals surface area contributed by atoms with Gasteiger partial charge in [0.25, 0.3) is 0 Å². The first-order valence-electron chi connectivity index (χ1n) is 8.92. The third-order valence-corrected chi connectivity index (χ3v) is 7.32. The molecule has 0 heterocycles. The molecule has 0 radical (unpaired) electrons. The number of hydrogen-bond acceptors (Lipinski definition) is 2. The quantitative estimate of drug-likeness (QED) is 0.755. The Hall–Kier alpha value is -1.02. The molecule has 2 heteroatoms. The SMILES string of the molecule is Cc1cc2c(cc1O)CC[C@@H]1[C@@H]2CC[C@]2(C)[C@@H](O)[C@@H](C)C[C@@H]12. The van der Waals surface area contributed by atoms with Crippen LogP contribution in [-0.2, 0) is 6.42 Å². The van der Waals surface area contributed by atoms with Crippen molar-refractivity contribution >= 4 is 0 Å². The largest absolute Gasteiger partial charge is 0.508 e. The molecule has 120 valence electrons. The van der Waals surface area contributed by atoms with Crippen LogP contribution in [0.15, 0.2) is 12.1 Å². The normalized spacial score (nSPS) is 43.4. The molecule has 0 saturated heterocycles. The third kappa shape index (κ3) is 1.83. The number of fused-ring (bicyclic) bond motifs is 5. The molecule has 22 heavy (non-hydrogen) atoms. The lowest BCUT2D eigenvalue weighted by Crippen LogP contribution is -2.44. The highest BCUT2D eigenvalue weighted by atomic mass is 16.3. The molecule has 0 aromatic heterocycles. The van der Waals surface area contributed by atoms with Crippen LogP contribution in [0.4, 0.5) is 0 Å². The maximum atomic E-state index is 10.7. The van der Waals surface area contributed by atoms with Gasteiger partial charge in [-0.15, -0.1) is 0 Å². The molecule has 1 aromatic rings. The minimum Gasteiger partial charge on any atom is -0.508 e. The first-order chi connectivity index (χ1) is 10.4. The first-order valence-corrected chi connectivity index (χ1v) is 8.92. The van der Waals surface area contributed by atoms with Gasteiger partial charge >= 0.3 is 0 Å². The van der Waals surface area contributed by atoms with E-state index in [1.165, 1.54) is 30.4 Å². The molecular formula is C20H28O2. The molecule has 0 bridgehead atoms. The Morgan fingerprint density at radius 3 is 2.77 bits per heavy atom. The minimum absolute atomic E-state index is 0.124. The second-order valence-corrected chi connectivity index (χ2v) is 8.46. The Morgan fingerprint density at radius 2 is 2.00 bits per heavy atom. The molecule has 2 nitrogen and oxygen atoms in total. The standard InChI is InChI=1S/C20H28O2/c1-11-8-16-13(10-18(11)21)4-5-15-14(16)6-7-20(3)17(15)9-12(2)19(20)22/h8,10,12,14-15,17,19,21-22H,4-7,9H2,1-3H3/t12-,14-,15+,17-,19-,20-/m0/s1. The van der Waals surface area contributed by atoms with Gasteiger partial charge in [-0.2, -0.15) is 0 Å². The Kier molecular flexibility index (Phi) is 3.14. The minimum atomic E-state index is -0.124. The zero-order chi connectivity index (χ0) is 15.6. The zero-order valence-corrected chi connectivity index (χ0v) is 14.0. The lowest BCUT2D eigenvalue weighted by Gasteiger charge is -2.50. The zero-order valence-electron chi connectivity index (χ0n) is 14.0. The topological polar surface area (TPSA) is 40.5 Å². The summed E-state index contributed by atoms with van der Waals surface area (Å²) in [6.45, 7) is 6.56. The average Bonchev–Trinajstić information content (AvgIpc) is 2.72. The fourth-order valence-corrected chi connectivity index (χ4v) is 6.06. The fraction of sp³-hybridized carbons (Fsp3) is 0.700. The van der Waals surface area contributed by atoms with Crippen molar-refractivity contribution in [2.45, 2.75) is 64.9 Å². The Labute approximate surface area is 133 Å². The van der Waals surface area contributed by atoms with Crippen molar-refractivity contribution in [2.75, 3.05) is 0 Å². The number of aliphatic hydroxyl groups excluding tert-OH is 1. The second kappa shape index (κ2) is 4.74. The number of benzene rings is 1. The molecule has 0 amide bonds. The van der Waals surface area contributed by atoms with Crippen LogP contribution in [0.2, 0.25) is 0 Å². The maximum absolute atomic E-state index is 10.7. The van der Waals surface area contributed by atoms with Gasteiger partial charge in [0.05, 0.1) is 6.10 Å². The monoisotopic (exact) mass is 300 g/mol. The number of aryl methyl sites for hydroxylation is 2. The van der Waals surface area contributed by atoms with Crippen molar-refractivity contribution in [3.05, 3.63) is 28.8 Å². The molecule has 0 aliphatic heterocycles. The molecule has 4 rings (SSSR count). The van der Waals surface area contributed by atoms with Crippen molar-refractivity contribution in [1.82, 2.24) is 0 Å². The summed E-state index contributed by atoms with van der Waals surface area (Å²) in [6, 6.07) is 4.24. The number of hydrogen-bond donors (Lipinski definition) is 2. The van der Waals surface area contributed by atoms with E-state index in [0.717, 1.165) is 24.3 Å². The lowest BCUT2D eigenvalue weighted by molar-refractivity contribution is -0.0309. The van der Waals surface area contributed by atoms with Crippen LogP contribution in [0.1, 0.15) is 62.1 Å². The van der Waals surface area contributed by atoms with Gasteiger partial charge in [-0.05, 0) is 90.9 Å². The van der Waals surface area contributed by atoms with Crippen molar-refractivity contribution in [1.29, 1.82) is 0 Å². The van der Waals surface area contributed by atoms with E-state index >= 15 is 0 Å². The van der Waals surface area contributed by atoms with Gasteiger partial charge in [0, 0.05) is 0 Å². The average molecular weight is 300 g/mol. The van der Waals surface area contributed by atoms with E-state index in [2.05, 4.69) is 19.9 Å². The maximum Gasteiger partial charge on any atom is 0.118 e. The van der Waals surface area contributed by atoms with Crippen LogP contribution in [0.25, 0.3) is 0 Å². The highest BCUT2D eigenvalue weighted by molar-refractivity contribution is 5.45. The number of aromatic hydroxyl groups is 1. The van der Waals surface area contributed by atoms with Crippen molar-refractivity contribution < 1.29 is 10.2 Å². The smallest absolute Gasteiger partial charge is 0.118 e.